The zero-order valence-corrected chi connectivity index (χ0v) is 14.0. The number of aromatic amines is 1. The van der Waals surface area contributed by atoms with E-state index >= 15 is 0 Å². The minimum Gasteiger partial charge on any atom is -0.322 e. The average molecular weight is 321 g/mol. The topological polar surface area (TPSA) is 69.8 Å². The second-order valence-corrected chi connectivity index (χ2v) is 6.28. The number of nitrogens with zero attached hydrogens (tertiary/aromatic N) is 1. The molecule has 0 spiro atoms. The van der Waals surface area contributed by atoms with Crippen LogP contribution in [0, 0.1) is 13.8 Å². The Morgan fingerprint density at radius 2 is 1.91 bits per heavy atom. The molecule has 0 fully saturated rings. The van der Waals surface area contributed by atoms with Crippen molar-refractivity contribution in [1.82, 2.24) is 15.5 Å². The second kappa shape index (κ2) is 6.50. The maximum absolute atomic E-state index is 12.1. The Morgan fingerprint density at radius 1 is 1.27 bits per heavy atom. The van der Waals surface area contributed by atoms with E-state index in [4.69, 9.17) is 11.6 Å². The molecule has 5 nitrogen and oxygen atoms in total. The summed E-state index contributed by atoms with van der Waals surface area (Å²) in [5, 5.41) is 13.7. The van der Waals surface area contributed by atoms with Crippen LogP contribution in [0.2, 0.25) is 5.02 Å². The molecule has 1 aromatic heterocycles. The fourth-order valence-electron chi connectivity index (χ4n) is 2.19. The van der Waals surface area contributed by atoms with Gasteiger partial charge in [0.25, 0.3) is 0 Å². The molecule has 0 saturated carbocycles. The van der Waals surface area contributed by atoms with E-state index in [2.05, 4.69) is 20.8 Å². The van der Waals surface area contributed by atoms with Gasteiger partial charge < -0.3 is 5.32 Å². The molecule has 2 aromatic rings. The number of halogens is 1. The third-order valence-corrected chi connectivity index (χ3v) is 3.90. The van der Waals surface area contributed by atoms with Crippen LogP contribution in [0.4, 0.5) is 5.69 Å². The molecule has 118 valence electrons. The van der Waals surface area contributed by atoms with Crippen molar-refractivity contribution in [1.29, 1.82) is 0 Å². The molecule has 0 aliphatic heterocycles. The lowest BCUT2D eigenvalue weighted by Crippen LogP contribution is -2.41. The SMILES string of the molecule is Cc1n[nH]c(C)c1NC(=O)CNC(C)(C)c1ccc(Cl)cc1. The number of carbonyl (C=O) groups excluding carboxylic acids is 1. The molecular formula is C16H21ClN4O. The van der Waals surface area contributed by atoms with Crippen LogP contribution in [0.25, 0.3) is 0 Å². The summed E-state index contributed by atoms with van der Waals surface area (Å²) in [7, 11) is 0. The number of hydrogen-bond donors (Lipinski definition) is 3. The van der Waals surface area contributed by atoms with E-state index in [1.165, 1.54) is 0 Å². The molecule has 22 heavy (non-hydrogen) atoms. The molecule has 0 saturated heterocycles. The largest absolute Gasteiger partial charge is 0.322 e. The quantitative estimate of drug-likeness (QED) is 0.792. The molecule has 0 atom stereocenters. The van der Waals surface area contributed by atoms with Crippen LogP contribution in [0.3, 0.4) is 0 Å². The molecule has 1 heterocycles. The number of anilines is 1. The van der Waals surface area contributed by atoms with Crippen molar-refractivity contribution < 1.29 is 4.79 Å². The summed E-state index contributed by atoms with van der Waals surface area (Å²) >= 11 is 5.90. The highest BCUT2D eigenvalue weighted by Crippen LogP contribution is 2.22. The van der Waals surface area contributed by atoms with E-state index in [-0.39, 0.29) is 18.0 Å². The lowest BCUT2D eigenvalue weighted by molar-refractivity contribution is -0.115. The highest BCUT2D eigenvalue weighted by molar-refractivity contribution is 6.30. The molecule has 0 radical (unpaired) electrons. The molecule has 0 unspecified atom stereocenters. The van der Waals surface area contributed by atoms with E-state index in [0.717, 1.165) is 22.6 Å². The van der Waals surface area contributed by atoms with Gasteiger partial charge >= 0.3 is 0 Å². The molecular weight excluding hydrogens is 300 g/mol. The minimum absolute atomic E-state index is 0.102. The number of aryl methyl sites for hydroxylation is 2. The first kappa shape index (κ1) is 16.5. The number of carbonyl (C=O) groups is 1. The summed E-state index contributed by atoms with van der Waals surface area (Å²) < 4.78 is 0. The number of rotatable bonds is 5. The van der Waals surface area contributed by atoms with Crippen molar-refractivity contribution >= 4 is 23.2 Å². The van der Waals surface area contributed by atoms with Gasteiger partial charge in [-0.2, -0.15) is 5.10 Å². The minimum atomic E-state index is -0.331. The third kappa shape index (κ3) is 3.87. The van der Waals surface area contributed by atoms with Gasteiger partial charge in [-0.05, 0) is 45.4 Å². The van der Waals surface area contributed by atoms with Crippen LogP contribution in [0.1, 0.15) is 30.8 Å². The summed E-state index contributed by atoms with van der Waals surface area (Å²) in [4.78, 5) is 12.1. The molecule has 3 N–H and O–H groups in total. The Labute approximate surface area is 135 Å². The predicted octanol–water partition coefficient (Wildman–Crippen LogP) is 3.14. The lowest BCUT2D eigenvalue weighted by Gasteiger charge is -2.27. The first-order chi connectivity index (χ1) is 10.3. The number of hydrogen-bond acceptors (Lipinski definition) is 3. The first-order valence-corrected chi connectivity index (χ1v) is 7.50. The van der Waals surface area contributed by atoms with Crippen LogP contribution in [-0.2, 0) is 10.3 Å². The normalized spacial score (nSPS) is 11.5. The summed E-state index contributed by atoms with van der Waals surface area (Å²) in [6.45, 7) is 7.99. The number of aromatic nitrogens is 2. The Balaban J connectivity index is 1.96. The molecule has 1 aromatic carbocycles. The number of amides is 1. The zero-order chi connectivity index (χ0) is 16.3. The van der Waals surface area contributed by atoms with Crippen molar-refractivity contribution in [2.45, 2.75) is 33.2 Å². The van der Waals surface area contributed by atoms with E-state index in [1.54, 1.807) is 0 Å². The van der Waals surface area contributed by atoms with Gasteiger partial charge in [-0.3, -0.25) is 15.2 Å². The molecule has 0 bridgehead atoms. The Hall–Kier alpha value is -1.85. The van der Waals surface area contributed by atoms with Crippen LogP contribution < -0.4 is 10.6 Å². The van der Waals surface area contributed by atoms with Crippen LogP contribution >= 0.6 is 11.6 Å². The smallest absolute Gasteiger partial charge is 0.238 e. The highest BCUT2D eigenvalue weighted by Gasteiger charge is 2.21. The van der Waals surface area contributed by atoms with Crippen LogP contribution in [-0.4, -0.2) is 22.6 Å². The standard InChI is InChI=1S/C16H21ClN4O/c1-10-15(11(2)21-20-10)19-14(22)9-18-16(3,4)12-5-7-13(17)8-6-12/h5-8,18H,9H2,1-4H3,(H,19,22)(H,20,21). The Bertz CT molecular complexity index is 642. The molecule has 0 aliphatic rings. The van der Waals surface area contributed by atoms with E-state index < -0.39 is 0 Å². The maximum atomic E-state index is 12.1. The van der Waals surface area contributed by atoms with Crippen molar-refractivity contribution in [2.75, 3.05) is 11.9 Å². The molecule has 0 aliphatic carbocycles. The fraction of sp³-hybridized carbons (Fsp3) is 0.375. The van der Waals surface area contributed by atoms with E-state index in [9.17, 15) is 4.79 Å². The second-order valence-electron chi connectivity index (χ2n) is 5.84. The molecule has 2 rings (SSSR count). The van der Waals surface area contributed by atoms with Crippen molar-refractivity contribution in [3.05, 3.63) is 46.2 Å². The van der Waals surface area contributed by atoms with Gasteiger partial charge in [0.2, 0.25) is 5.91 Å². The Morgan fingerprint density at radius 3 is 2.45 bits per heavy atom. The van der Waals surface area contributed by atoms with Crippen molar-refractivity contribution in [3.8, 4) is 0 Å². The first-order valence-electron chi connectivity index (χ1n) is 7.12. The Kier molecular flexibility index (Phi) is 4.88. The van der Waals surface area contributed by atoms with Gasteiger partial charge in [-0.1, -0.05) is 23.7 Å². The number of nitrogens with one attached hydrogen (secondary N) is 3. The van der Waals surface area contributed by atoms with Gasteiger partial charge in [0.05, 0.1) is 23.6 Å². The van der Waals surface area contributed by atoms with Crippen molar-refractivity contribution in [3.63, 3.8) is 0 Å². The van der Waals surface area contributed by atoms with Gasteiger partial charge in [-0.25, -0.2) is 0 Å². The maximum Gasteiger partial charge on any atom is 0.238 e. The monoisotopic (exact) mass is 320 g/mol. The number of H-pyrrole nitrogens is 1. The van der Waals surface area contributed by atoms with Gasteiger partial charge in [-0.15, -0.1) is 0 Å². The fourth-order valence-corrected chi connectivity index (χ4v) is 2.31. The summed E-state index contributed by atoms with van der Waals surface area (Å²) in [6, 6.07) is 7.60. The highest BCUT2D eigenvalue weighted by atomic mass is 35.5. The molecule has 1 amide bonds. The van der Waals surface area contributed by atoms with E-state index in [1.807, 2.05) is 52.0 Å². The van der Waals surface area contributed by atoms with Gasteiger partial charge in [0, 0.05) is 10.6 Å². The lowest BCUT2D eigenvalue weighted by atomic mass is 9.94. The third-order valence-electron chi connectivity index (χ3n) is 3.65. The van der Waals surface area contributed by atoms with Gasteiger partial charge in [0.1, 0.15) is 0 Å². The summed E-state index contributed by atoms with van der Waals surface area (Å²) in [6.07, 6.45) is 0. The number of benzene rings is 1. The molecule has 6 heteroatoms. The van der Waals surface area contributed by atoms with E-state index in [0.29, 0.717) is 5.02 Å². The zero-order valence-electron chi connectivity index (χ0n) is 13.2. The van der Waals surface area contributed by atoms with Crippen LogP contribution in [0.15, 0.2) is 24.3 Å². The van der Waals surface area contributed by atoms with Gasteiger partial charge in [0.15, 0.2) is 0 Å². The van der Waals surface area contributed by atoms with Crippen LogP contribution in [0.5, 0.6) is 0 Å². The predicted molar refractivity (Wildman–Crippen MR) is 89.2 cm³/mol. The summed E-state index contributed by atoms with van der Waals surface area (Å²) in [5.41, 5.74) is 3.12. The average Bonchev–Trinajstić information content (AvgIpc) is 2.78. The summed E-state index contributed by atoms with van der Waals surface area (Å²) in [5.74, 6) is -0.102. The van der Waals surface area contributed by atoms with Crippen molar-refractivity contribution in [2.24, 2.45) is 0 Å².